The van der Waals surface area contributed by atoms with Crippen molar-refractivity contribution in [2.45, 2.75) is 40.3 Å². The van der Waals surface area contributed by atoms with Crippen molar-refractivity contribution in [1.29, 1.82) is 0 Å². The van der Waals surface area contributed by atoms with Crippen LogP contribution in [-0.2, 0) is 11.3 Å². The zero-order valence-electron chi connectivity index (χ0n) is 11.4. The van der Waals surface area contributed by atoms with Gasteiger partial charge in [0.1, 0.15) is 11.7 Å². The van der Waals surface area contributed by atoms with Gasteiger partial charge in [0, 0.05) is 6.54 Å². The summed E-state index contributed by atoms with van der Waals surface area (Å²) in [5.74, 6) is -1.12. The number of nitrogens with one attached hydrogen (secondary N) is 1. The quantitative estimate of drug-likeness (QED) is 0.600. The number of aromatic nitrogens is 2. The molecular formula is C11H18N4O4. The smallest absolute Gasteiger partial charge is 0.333 e. The van der Waals surface area contributed by atoms with Crippen molar-refractivity contribution >= 4 is 17.5 Å². The van der Waals surface area contributed by atoms with Crippen LogP contribution < -0.4 is 5.32 Å². The van der Waals surface area contributed by atoms with Crippen LogP contribution in [0.5, 0.6) is 0 Å². The number of nitrogens with zero attached hydrogens (tertiary/aromatic N) is 3. The van der Waals surface area contributed by atoms with E-state index < -0.39 is 16.9 Å². The standard InChI is InChI=1S/C11H18N4O4/c1-5-14-10(9(15(18)19)7(4)13-14)12-8(6(2)3)11(16)17/h6,8,12H,5H2,1-4H3,(H,16,17). The summed E-state index contributed by atoms with van der Waals surface area (Å²) >= 11 is 0. The highest BCUT2D eigenvalue weighted by Gasteiger charge is 2.30. The van der Waals surface area contributed by atoms with Crippen molar-refractivity contribution in [3.63, 3.8) is 0 Å². The number of nitro groups is 1. The molecule has 1 atom stereocenters. The third-order valence-electron chi connectivity index (χ3n) is 2.80. The lowest BCUT2D eigenvalue weighted by Gasteiger charge is -2.18. The fraction of sp³-hybridized carbons (Fsp3) is 0.636. The van der Waals surface area contributed by atoms with Crippen molar-refractivity contribution < 1.29 is 14.8 Å². The van der Waals surface area contributed by atoms with Gasteiger partial charge in [-0.3, -0.25) is 10.1 Å². The van der Waals surface area contributed by atoms with Crippen LogP contribution in [0.2, 0.25) is 0 Å². The number of anilines is 1. The second-order valence-electron chi connectivity index (χ2n) is 4.56. The molecule has 106 valence electrons. The summed E-state index contributed by atoms with van der Waals surface area (Å²) in [7, 11) is 0. The molecule has 0 fully saturated rings. The summed E-state index contributed by atoms with van der Waals surface area (Å²) in [6.45, 7) is 7.20. The molecular weight excluding hydrogens is 252 g/mol. The predicted octanol–water partition coefficient (Wildman–Crippen LogP) is 1.64. The van der Waals surface area contributed by atoms with Crippen LogP contribution in [-0.4, -0.2) is 31.8 Å². The lowest BCUT2D eigenvalue weighted by molar-refractivity contribution is -0.384. The molecule has 19 heavy (non-hydrogen) atoms. The largest absolute Gasteiger partial charge is 0.480 e. The summed E-state index contributed by atoms with van der Waals surface area (Å²) in [5.41, 5.74) is 0.0935. The second-order valence-corrected chi connectivity index (χ2v) is 4.56. The number of hydrogen-bond acceptors (Lipinski definition) is 5. The van der Waals surface area contributed by atoms with Gasteiger partial charge >= 0.3 is 11.7 Å². The Bertz CT molecular complexity index is 495. The minimum absolute atomic E-state index is 0.145. The minimum Gasteiger partial charge on any atom is -0.480 e. The van der Waals surface area contributed by atoms with E-state index in [-0.39, 0.29) is 23.1 Å². The zero-order chi connectivity index (χ0) is 14.7. The summed E-state index contributed by atoms with van der Waals surface area (Å²) in [6.07, 6.45) is 0. The molecule has 0 bridgehead atoms. The molecule has 0 saturated heterocycles. The van der Waals surface area contributed by atoms with Gasteiger partial charge in [0.2, 0.25) is 5.82 Å². The molecule has 0 amide bonds. The Labute approximate surface area is 110 Å². The van der Waals surface area contributed by atoms with E-state index in [4.69, 9.17) is 5.11 Å². The molecule has 0 aliphatic heterocycles. The van der Waals surface area contributed by atoms with Crippen LogP contribution in [0, 0.1) is 23.0 Å². The van der Waals surface area contributed by atoms with Crippen LogP contribution in [0.3, 0.4) is 0 Å². The van der Waals surface area contributed by atoms with E-state index >= 15 is 0 Å². The number of carboxylic acids is 1. The Morgan fingerprint density at radius 1 is 1.58 bits per heavy atom. The Kier molecular flexibility index (Phi) is 4.47. The first-order valence-corrected chi connectivity index (χ1v) is 6.00. The average Bonchev–Trinajstić information content (AvgIpc) is 2.61. The summed E-state index contributed by atoms with van der Waals surface area (Å²) < 4.78 is 1.41. The Hall–Kier alpha value is -2.12. The van der Waals surface area contributed by atoms with E-state index in [2.05, 4.69) is 10.4 Å². The topological polar surface area (TPSA) is 110 Å². The highest BCUT2D eigenvalue weighted by atomic mass is 16.6. The van der Waals surface area contributed by atoms with Crippen LogP contribution in [0.25, 0.3) is 0 Å². The number of carbonyl (C=O) groups is 1. The first kappa shape index (κ1) is 14.9. The van der Waals surface area contributed by atoms with E-state index in [9.17, 15) is 14.9 Å². The highest BCUT2D eigenvalue weighted by molar-refractivity contribution is 5.78. The van der Waals surface area contributed by atoms with Gasteiger partial charge in [-0.05, 0) is 19.8 Å². The van der Waals surface area contributed by atoms with E-state index in [0.717, 1.165) is 0 Å². The first-order chi connectivity index (χ1) is 8.79. The SMILES string of the molecule is CCn1nc(C)c([N+](=O)[O-])c1NC(C(=O)O)C(C)C. The maximum Gasteiger partial charge on any atom is 0.333 e. The normalized spacial score (nSPS) is 12.5. The van der Waals surface area contributed by atoms with Crippen molar-refractivity contribution in [3.8, 4) is 0 Å². The summed E-state index contributed by atoms with van der Waals surface area (Å²) in [6, 6.07) is -0.903. The van der Waals surface area contributed by atoms with Gasteiger partial charge in [0.15, 0.2) is 0 Å². The van der Waals surface area contributed by atoms with Gasteiger partial charge in [-0.2, -0.15) is 5.10 Å². The number of rotatable bonds is 6. The van der Waals surface area contributed by atoms with Crippen LogP contribution in [0.1, 0.15) is 26.5 Å². The van der Waals surface area contributed by atoms with Crippen LogP contribution >= 0.6 is 0 Å². The van der Waals surface area contributed by atoms with Crippen molar-refractivity contribution in [3.05, 3.63) is 15.8 Å². The molecule has 8 heteroatoms. The average molecular weight is 270 g/mol. The number of hydrogen-bond donors (Lipinski definition) is 2. The van der Waals surface area contributed by atoms with E-state index in [1.54, 1.807) is 20.8 Å². The third kappa shape index (κ3) is 3.01. The van der Waals surface area contributed by atoms with Gasteiger partial charge in [0.25, 0.3) is 0 Å². The van der Waals surface area contributed by atoms with Gasteiger partial charge < -0.3 is 10.4 Å². The molecule has 1 unspecified atom stereocenters. The molecule has 1 aromatic rings. The maximum absolute atomic E-state index is 11.2. The molecule has 0 aliphatic rings. The first-order valence-electron chi connectivity index (χ1n) is 6.00. The summed E-state index contributed by atoms with van der Waals surface area (Å²) in [4.78, 5) is 21.7. The van der Waals surface area contributed by atoms with Gasteiger partial charge in [-0.25, -0.2) is 9.48 Å². The monoisotopic (exact) mass is 270 g/mol. The van der Waals surface area contributed by atoms with E-state index in [0.29, 0.717) is 6.54 Å². The van der Waals surface area contributed by atoms with Crippen LogP contribution in [0.4, 0.5) is 11.5 Å². The molecule has 0 aliphatic carbocycles. The second kappa shape index (κ2) is 5.68. The predicted molar refractivity (Wildman–Crippen MR) is 69.2 cm³/mol. The van der Waals surface area contributed by atoms with Gasteiger partial charge in [-0.15, -0.1) is 0 Å². The molecule has 2 N–H and O–H groups in total. The minimum atomic E-state index is -1.05. The molecule has 8 nitrogen and oxygen atoms in total. The number of aliphatic carboxylic acids is 1. The lowest BCUT2D eigenvalue weighted by Crippen LogP contribution is -2.35. The Morgan fingerprint density at radius 3 is 2.53 bits per heavy atom. The lowest BCUT2D eigenvalue weighted by atomic mass is 10.0. The molecule has 0 saturated carbocycles. The number of carboxylic acid groups (broad SMARTS) is 1. The Balaban J connectivity index is 3.24. The van der Waals surface area contributed by atoms with E-state index in [1.165, 1.54) is 11.6 Å². The molecule has 0 spiro atoms. The van der Waals surface area contributed by atoms with Crippen molar-refractivity contribution in [2.24, 2.45) is 5.92 Å². The molecule has 1 heterocycles. The highest BCUT2D eigenvalue weighted by Crippen LogP contribution is 2.29. The molecule has 1 aromatic heterocycles. The maximum atomic E-state index is 11.2. The third-order valence-corrected chi connectivity index (χ3v) is 2.80. The fourth-order valence-corrected chi connectivity index (χ4v) is 1.82. The fourth-order valence-electron chi connectivity index (χ4n) is 1.82. The molecule has 0 radical (unpaired) electrons. The van der Waals surface area contributed by atoms with E-state index in [1.807, 2.05) is 0 Å². The molecule has 1 rings (SSSR count). The summed E-state index contributed by atoms with van der Waals surface area (Å²) in [5, 5.41) is 27.0. The van der Waals surface area contributed by atoms with Gasteiger partial charge in [-0.1, -0.05) is 13.8 Å². The Morgan fingerprint density at radius 2 is 2.16 bits per heavy atom. The van der Waals surface area contributed by atoms with Crippen molar-refractivity contribution in [1.82, 2.24) is 9.78 Å². The number of aryl methyl sites for hydroxylation is 2. The van der Waals surface area contributed by atoms with Gasteiger partial charge in [0.05, 0.1) is 4.92 Å². The zero-order valence-corrected chi connectivity index (χ0v) is 11.4. The van der Waals surface area contributed by atoms with Crippen LogP contribution in [0.15, 0.2) is 0 Å². The van der Waals surface area contributed by atoms with Crippen molar-refractivity contribution in [2.75, 3.05) is 5.32 Å². The molecule has 0 aromatic carbocycles.